The van der Waals surface area contributed by atoms with Crippen LogP contribution >= 0.6 is 0 Å². The van der Waals surface area contributed by atoms with Crippen LogP contribution in [0, 0.1) is 25.6 Å². The van der Waals surface area contributed by atoms with Crippen molar-refractivity contribution >= 4 is 16.0 Å². The molecule has 1 aromatic carbocycles. The lowest BCUT2D eigenvalue weighted by molar-refractivity contribution is -0.143. The molecule has 22 heavy (non-hydrogen) atoms. The standard InChI is InChI=1S/C15H20FNO4S/c1-9-6-13(7-10(2)14(9)16)22(20,21)17-8-12(15(18)19)5-4-11(17)3/h6-7,11-12H,4-5,8H2,1-3H3,(H,18,19). The van der Waals surface area contributed by atoms with Crippen molar-refractivity contribution < 1.29 is 22.7 Å². The number of halogens is 1. The fourth-order valence-corrected chi connectivity index (χ4v) is 4.68. The minimum absolute atomic E-state index is 0.0155. The molecule has 0 radical (unpaired) electrons. The van der Waals surface area contributed by atoms with E-state index in [1.807, 2.05) is 0 Å². The first-order valence-corrected chi connectivity index (χ1v) is 8.60. The van der Waals surface area contributed by atoms with Crippen molar-refractivity contribution in [3.05, 3.63) is 29.1 Å². The number of carboxylic acids is 1. The fraction of sp³-hybridized carbons (Fsp3) is 0.533. The lowest BCUT2D eigenvalue weighted by atomic mass is 9.96. The van der Waals surface area contributed by atoms with Crippen LogP contribution in [0.4, 0.5) is 4.39 Å². The van der Waals surface area contributed by atoms with E-state index >= 15 is 0 Å². The zero-order chi connectivity index (χ0) is 16.7. The average Bonchev–Trinajstić information content (AvgIpc) is 2.44. The maximum atomic E-state index is 13.7. The predicted octanol–water partition coefficient (Wildman–Crippen LogP) is 2.32. The van der Waals surface area contributed by atoms with Gasteiger partial charge in [-0.05, 0) is 56.9 Å². The molecule has 1 fully saturated rings. The quantitative estimate of drug-likeness (QED) is 0.923. The molecule has 1 aliphatic heterocycles. The highest BCUT2D eigenvalue weighted by Crippen LogP contribution is 2.29. The molecule has 122 valence electrons. The van der Waals surface area contributed by atoms with Gasteiger partial charge in [-0.15, -0.1) is 0 Å². The van der Waals surface area contributed by atoms with E-state index in [1.165, 1.54) is 30.3 Å². The number of nitrogens with zero attached hydrogens (tertiary/aromatic N) is 1. The Bertz CT molecular complexity index is 678. The van der Waals surface area contributed by atoms with Gasteiger partial charge in [-0.1, -0.05) is 0 Å². The van der Waals surface area contributed by atoms with Crippen LogP contribution < -0.4 is 0 Å². The lowest BCUT2D eigenvalue weighted by Gasteiger charge is -2.35. The molecule has 0 aromatic heterocycles. The van der Waals surface area contributed by atoms with Crippen LogP contribution in [0.5, 0.6) is 0 Å². The molecular weight excluding hydrogens is 309 g/mol. The number of sulfonamides is 1. The monoisotopic (exact) mass is 329 g/mol. The van der Waals surface area contributed by atoms with Gasteiger partial charge in [0.2, 0.25) is 10.0 Å². The van der Waals surface area contributed by atoms with Gasteiger partial charge in [-0.2, -0.15) is 4.31 Å². The van der Waals surface area contributed by atoms with Crippen LogP contribution in [0.2, 0.25) is 0 Å². The summed E-state index contributed by atoms with van der Waals surface area (Å²) in [6.07, 6.45) is 0.958. The van der Waals surface area contributed by atoms with Crippen LogP contribution in [0.1, 0.15) is 30.9 Å². The van der Waals surface area contributed by atoms with Crippen molar-refractivity contribution in [1.29, 1.82) is 0 Å². The first-order chi connectivity index (χ1) is 10.1. The smallest absolute Gasteiger partial charge is 0.307 e. The predicted molar refractivity (Wildman–Crippen MR) is 79.6 cm³/mol. The number of benzene rings is 1. The van der Waals surface area contributed by atoms with E-state index in [0.717, 1.165) is 0 Å². The number of aryl methyl sites for hydroxylation is 2. The molecule has 1 heterocycles. The summed E-state index contributed by atoms with van der Waals surface area (Å²) >= 11 is 0. The first-order valence-electron chi connectivity index (χ1n) is 7.16. The Hall–Kier alpha value is -1.47. The van der Waals surface area contributed by atoms with Crippen molar-refractivity contribution in [2.75, 3.05) is 6.54 Å². The highest BCUT2D eigenvalue weighted by Gasteiger charge is 2.37. The molecule has 1 N–H and O–H groups in total. The summed E-state index contributed by atoms with van der Waals surface area (Å²) in [6, 6.07) is 2.33. The zero-order valence-electron chi connectivity index (χ0n) is 12.8. The Morgan fingerprint density at radius 1 is 1.27 bits per heavy atom. The Morgan fingerprint density at radius 2 is 1.82 bits per heavy atom. The van der Waals surface area contributed by atoms with Gasteiger partial charge in [-0.25, -0.2) is 12.8 Å². The molecular formula is C15H20FNO4S. The Kier molecular flexibility index (Phi) is 4.58. The van der Waals surface area contributed by atoms with Crippen molar-refractivity contribution in [2.45, 2.75) is 44.6 Å². The molecule has 0 spiro atoms. The summed E-state index contributed by atoms with van der Waals surface area (Å²) in [4.78, 5) is 11.2. The third-order valence-corrected chi connectivity index (χ3v) is 6.15. The molecule has 2 unspecified atom stereocenters. The van der Waals surface area contributed by atoms with Gasteiger partial charge in [0.15, 0.2) is 0 Å². The molecule has 0 bridgehead atoms. The molecule has 1 aromatic rings. The van der Waals surface area contributed by atoms with E-state index in [0.29, 0.717) is 12.8 Å². The second-order valence-electron chi connectivity index (χ2n) is 5.91. The van der Waals surface area contributed by atoms with Gasteiger partial charge in [0.25, 0.3) is 0 Å². The number of rotatable bonds is 3. The molecule has 5 nitrogen and oxygen atoms in total. The number of hydrogen-bond acceptors (Lipinski definition) is 3. The number of carboxylic acid groups (broad SMARTS) is 1. The molecule has 2 rings (SSSR count). The number of carbonyl (C=O) groups is 1. The highest BCUT2D eigenvalue weighted by atomic mass is 32.2. The van der Waals surface area contributed by atoms with Gasteiger partial charge < -0.3 is 5.11 Å². The normalized spacial score (nSPS) is 23.5. The lowest BCUT2D eigenvalue weighted by Crippen LogP contribution is -2.47. The molecule has 1 aliphatic rings. The zero-order valence-corrected chi connectivity index (χ0v) is 13.7. The third-order valence-electron chi connectivity index (χ3n) is 4.19. The van der Waals surface area contributed by atoms with Gasteiger partial charge in [0.05, 0.1) is 10.8 Å². The van der Waals surface area contributed by atoms with E-state index in [-0.39, 0.29) is 28.6 Å². The minimum Gasteiger partial charge on any atom is -0.481 e. The average molecular weight is 329 g/mol. The summed E-state index contributed by atoms with van der Waals surface area (Å²) in [5.41, 5.74) is 0.524. The van der Waals surface area contributed by atoms with E-state index in [4.69, 9.17) is 5.11 Å². The van der Waals surface area contributed by atoms with Crippen LogP contribution in [0.15, 0.2) is 17.0 Å². The van der Waals surface area contributed by atoms with Crippen LogP contribution in [0.25, 0.3) is 0 Å². The minimum atomic E-state index is -3.84. The van der Waals surface area contributed by atoms with E-state index < -0.39 is 27.7 Å². The fourth-order valence-electron chi connectivity index (χ4n) is 2.80. The van der Waals surface area contributed by atoms with Crippen molar-refractivity contribution in [3.8, 4) is 0 Å². The Balaban J connectivity index is 2.42. The number of hydrogen-bond donors (Lipinski definition) is 1. The van der Waals surface area contributed by atoms with Crippen LogP contribution in [-0.2, 0) is 14.8 Å². The van der Waals surface area contributed by atoms with Crippen LogP contribution in [-0.4, -0.2) is 36.4 Å². The summed E-state index contributed by atoms with van der Waals surface area (Å²) in [6.45, 7) is 4.75. The second kappa shape index (κ2) is 5.96. The largest absolute Gasteiger partial charge is 0.481 e. The summed E-state index contributed by atoms with van der Waals surface area (Å²) < 4.78 is 40.5. The maximum absolute atomic E-state index is 13.7. The molecule has 7 heteroatoms. The topological polar surface area (TPSA) is 74.7 Å². The molecule has 2 atom stereocenters. The summed E-state index contributed by atoms with van der Waals surface area (Å²) in [5, 5.41) is 9.13. The summed E-state index contributed by atoms with van der Waals surface area (Å²) in [7, 11) is -3.84. The number of aliphatic carboxylic acids is 1. The summed E-state index contributed by atoms with van der Waals surface area (Å²) in [5.74, 6) is -2.11. The molecule has 0 aliphatic carbocycles. The van der Waals surface area contributed by atoms with Gasteiger partial charge >= 0.3 is 5.97 Å². The van der Waals surface area contributed by atoms with Gasteiger partial charge in [0.1, 0.15) is 5.82 Å². The van der Waals surface area contributed by atoms with Gasteiger partial charge in [0, 0.05) is 12.6 Å². The van der Waals surface area contributed by atoms with E-state index in [9.17, 15) is 17.6 Å². The molecule has 1 saturated heterocycles. The third kappa shape index (κ3) is 3.01. The van der Waals surface area contributed by atoms with E-state index in [1.54, 1.807) is 6.92 Å². The van der Waals surface area contributed by atoms with Crippen molar-refractivity contribution in [1.82, 2.24) is 4.31 Å². The maximum Gasteiger partial charge on any atom is 0.307 e. The number of piperidine rings is 1. The van der Waals surface area contributed by atoms with E-state index in [2.05, 4.69) is 0 Å². The SMILES string of the molecule is Cc1cc(S(=O)(=O)N2CC(C(=O)O)CCC2C)cc(C)c1F. The second-order valence-corrected chi connectivity index (χ2v) is 7.80. The first kappa shape index (κ1) is 16.9. The van der Waals surface area contributed by atoms with Crippen LogP contribution in [0.3, 0.4) is 0 Å². The Morgan fingerprint density at radius 3 is 2.32 bits per heavy atom. The van der Waals surface area contributed by atoms with Gasteiger partial charge in [-0.3, -0.25) is 4.79 Å². The molecule has 0 amide bonds. The Labute approximate surface area is 129 Å². The highest BCUT2D eigenvalue weighted by molar-refractivity contribution is 7.89. The van der Waals surface area contributed by atoms with Crippen molar-refractivity contribution in [2.24, 2.45) is 5.92 Å². The molecule has 0 saturated carbocycles. The van der Waals surface area contributed by atoms with Crippen molar-refractivity contribution in [3.63, 3.8) is 0 Å².